The average molecular weight is 387 g/mol. The van der Waals surface area contributed by atoms with E-state index >= 15 is 0 Å². The van der Waals surface area contributed by atoms with Crippen LogP contribution in [0.5, 0.6) is 0 Å². The first-order valence-corrected chi connectivity index (χ1v) is 13.6. The fraction of sp³-hybridized carbons (Fsp3) is 1.00. The van der Waals surface area contributed by atoms with E-state index in [4.69, 9.17) is 8.85 Å². The molecule has 0 aromatic heterocycles. The molecule has 2 nitrogen and oxygen atoms in total. The van der Waals surface area contributed by atoms with Crippen LogP contribution in [0.1, 0.15) is 124 Å². The van der Waals surface area contributed by atoms with Crippen molar-refractivity contribution in [3.63, 3.8) is 0 Å². The highest BCUT2D eigenvalue weighted by molar-refractivity contribution is 6.70. The van der Waals surface area contributed by atoms with Crippen molar-refractivity contribution in [1.29, 1.82) is 0 Å². The maximum absolute atomic E-state index is 5.89. The highest BCUT2D eigenvalue weighted by atomic mass is 28.4. The molecule has 0 saturated heterocycles. The van der Waals surface area contributed by atoms with E-state index in [9.17, 15) is 0 Å². The van der Waals surface area contributed by atoms with Gasteiger partial charge in [-0.05, 0) is 6.04 Å². The Morgan fingerprint density at radius 1 is 0.538 bits per heavy atom. The molecule has 0 aromatic carbocycles. The third-order valence-electron chi connectivity index (χ3n) is 5.91. The second-order valence-electron chi connectivity index (χ2n) is 9.11. The first-order valence-electron chi connectivity index (χ1n) is 11.5. The summed E-state index contributed by atoms with van der Waals surface area (Å²) in [5.41, 5.74) is 0. The number of rotatable bonds is 18. The predicted molar refractivity (Wildman–Crippen MR) is 119 cm³/mol. The summed E-state index contributed by atoms with van der Waals surface area (Å²) in [6, 6.07) is 1.13. The third-order valence-corrected chi connectivity index (χ3v) is 10.5. The second-order valence-corrected chi connectivity index (χ2v) is 13.4. The van der Waals surface area contributed by atoms with Crippen molar-refractivity contribution in [3.05, 3.63) is 0 Å². The quantitative estimate of drug-likeness (QED) is 0.174. The normalized spacial score (nSPS) is 12.7. The van der Waals surface area contributed by atoms with Gasteiger partial charge in [-0.3, -0.25) is 0 Å². The van der Waals surface area contributed by atoms with Crippen molar-refractivity contribution < 1.29 is 8.85 Å². The lowest BCUT2D eigenvalue weighted by Crippen LogP contribution is -2.48. The zero-order valence-electron chi connectivity index (χ0n) is 19.1. The monoisotopic (exact) mass is 386 g/mol. The maximum Gasteiger partial charge on any atom is 0.343 e. The van der Waals surface area contributed by atoms with Crippen LogP contribution in [0.25, 0.3) is 0 Å². The van der Waals surface area contributed by atoms with Crippen LogP contribution in [0, 0.1) is 0 Å². The molecule has 0 bridgehead atoms. The molecule has 0 heterocycles. The van der Waals surface area contributed by atoms with Gasteiger partial charge in [0.05, 0.1) is 0 Å². The Morgan fingerprint density at radius 2 is 0.846 bits per heavy atom. The molecule has 3 heteroatoms. The Kier molecular flexibility index (Phi) is 16.2. The zero-order chi connectivity index (χ0) is 19.7. The minimum absolute atomic E-state index is 0.145. The summed E-state index contributed by atoms with van der Waals surface area (Å²) in [6.07, 6.45) is 21.2. The first kappa shape index (κ1) is 26.1. The lowest BCUT2D eigenvalue weighted by atomic mass is 10.0. The van der Waals surface area contributed by atoms with Crippen molar-refractivity contribution in [3.8, 4) is 0 Å². The van der Waals surface area contributed by atoms with Crippen molar-refractivity contribution >= 4 is 8.56 Å². The molecule has 158 valence electrons. The van der Waals surface area contributed by atoms with E-state index in [2.05, 4.69) is 27.7 Å². The van der Waals surface area contributed by atoms with Gasteiger partial charge in [0.15, 0.2) is 0 Å². The van der Waals surface area contributed by atoms with Gasteiger partial charge < -0.3 is 8.85 Å². The molecule has 0 saturated carbocycles. The average Bonchev–Trinajstić information content (AvgIpc) is 2.61. The molecule has 26 heavy (non-hydrogen) atoms. The first-order chi connectivity index (χ1) is 12.4. The highest BCUT2D eigenvalue weighted by Gasteiger charge is 2.47. The lowest BCUT2D eigenvalue weighted by molar-refractivity contribution is 0.212. The van der Waals surface area contributed by atoms with Gasteiger partial charge in [-0.25, -0.2) is 0 Å². The van der Waals surface area contributed by atoms with E-state index in [1.807, 2.05) is 14.2 Å². The van der Waals surface area contributed by atoms with Crippen LogP contribution in [0.2, 0.25) is 11.1 Å². The largest absolute Gasteiger partial charge is 0.397 e. The van der Waals surface area contributed by atoms with Gasteiger partial charge in [-0.1, -0.05) is 124 Å². The van der Waals surface area contributed by atoms with E-state index < -0.39 is 8.56 Å². The summed E-state index contributed by atoms with van der Waals surface area (Å²) in [6.45, 7) is 9.08. The van der Waals surface area contributed by atoms with Gasteiger partial charge >= 0.3 is 8.56 Å². The zero-order valence-corrected chi connectivity index (χ0v) is 20.1. The summed E-state index contributed by atoms with van der Waals surface area (Å²) < 4.78 is 11.8. The minimum Gasteiger partial charge on any atom is -0.397 e. The van der Waals surface area contributed by atoms with Crippen LogP contribution in [-0.4, -0.2) is 22.8 Å². The van der Waals surface area contributed by atoms with E-state index in [1.54, 1.807) is 0 Å². The molecular formula is C23H50O2Si. The highest BCUT2D eigenvalue weighted by Crippen LogP contribution is 2.40. The van der Waals surface area contributed by atoms with Crippen LogP contribution in [0.15, 0.2) is 0 Å². The molecule has 0 N–H and O–H groups in total. The molecule has 0 aromatic rings. The molecule has 0 atom stereocenters. The van der Waals surface area contributed by atoms with Gasteiger partial charge in [-0.2, -0.15) is 0 Å². The predicted octanol–water partition coefficient (Wildman–Crippen LogP) is 8.39. The third kappa shape index (κ3) is 11.8. The fourth-order valence-electron chi connectivity index (χ4n) is 4.00. The lowest BCUT2D eigenvalue weighted by Gasteiger charge is -2.38. The topological polar surface area (TPSA) is 18.5 Å². The summed E-state index contributed by atoms with van der Waals surface area (Å²) >= 11 is 0. The summed E-state index contributed by atoms with van der Waals surface area (Å²) in [7, 11) is 1.63. The second kappa shape index (κ2) is 16.1. The van der Waals surface area contributed by atoms with Gasteiger partial charge in [0.2, 0.25) is 0 Å². The maximum atomic E-state index is 5.89. The SMILES string of the molecule is CCCCCCCCCCCCCCCCC[Si](OC)(OC)C(C)(C)C. The van der Waals surface area contributed by atoms with Crippen LogP contribution in [0.4, 0.5) is 0 Å². The molecule has 0 aliphatic carbocycles. The number of unbranched alkanes of at least 4 members (excludes halogenated alkanes) is 14. The van der Waals surface area contributed by atoms with Gasteiger partial charge in [0, 0.05) is 19.3 Å². The molecule has 0 spiro atoms. The van der Waals surface area contributed by atoms with Crippen molar-refractivity contribution in [1.82, 2.24) is 0 Å². The minimum atomic E-state index is -2.05. The number of hydrogen-bond acceptors (Lipinski definition) is 2. The molecule has 0 rings (SSSR count). The molecule has 0 fully saturated rings. The van der Waals surface area contributed by atoms with E-state index in [1.165, 1.54) is 96.3 Å². The van der Waals surface area contributed by atoms with Gasteiger partial charge in [0.25, 0.3) is 0 Å². The molecule has 0 amide bonds. The summed E-state index contributed by atoms with van der Waals surface area (Å²) in [4.78, 5) is 0. The fourth-order valence-corrected chi connectivity index (χ4v) is 7.27. The van der Waals surface area contributed by atoms with Crippen molar-refractivity contribution in [2.75, 3.05) is 14.2 Å². The van der Waals surface area contributed by atoms with Crippen molar-refractivity contribution in [2.24, 2.45) is 0 Å². The van der Waals surface area contributed by atoms with E-state index in [0.29, 0.717) is 0 Å². The molecule has 0 radical (unpaired) electrons. The Morgan fingerprint density at radius 3 is 1.12 bits per heavy atom. The summed E-state index contributed by atoms with van der Waals surface area (Å²) in [5.74, 6) is 0. The molecule has 0 aliphatic rings. The van der Waals surface area contributed by atoms with Crippen LogP contribution >= 0.6 is 0 Å². The van der Waals surface area contributed by atoms with Crippen LogP contribution in [0.3, 0.4) is 0 Å². The Bertz CT molecular complexity index is 295. The Balaban J connectivity index is 3.46. The standard InChI is InChI=1S/C23H50O2Si/c1-7-8-9-10-11-12-13-14-15-16-17-18-19-20-21-22-26(24-5,25-6)23(2,3)4/h7-22H2,1-6H3. The molecule has 0 aliphatic heterocycles. The number of hydrogen-bond donors (Lipinski definition) is 0. The smallest absolute Gasteiger partial charge is 0.343 e. The van der Waals surface area contributed by atoms with Gasteiger partial charge in [-0.15, -0.1) is 0 Å². The van der Waals surface area contributed by atoms with E-state index in [-0.39, 0.29) is 5.04 Å². The summed E-state index contributed by atoms with van der Waals surface area (Å²) in [5, 5.41) is 0.145. The van der Waals surface area contributed by atoms with Crippen molar-refractivity contribution in [2.45, 2.75) is 135 Å². The van der Waals surface area contributed by atoms with E-state index in [0.717, 1.165) is 6.04 Å². The Hall–Kier alpha value is 0.137. The van der Waals surface area contributed by atoms with Gasteiger partial charge in [0.1, 0.15) is 0 Å². The molecule has 0 unspecified atom stereocenters. The Labute approximate surface area is 167 Å². The van der Waals surface area contributed by atoms with Crippen LogP contribution < -0.4 is 0 Å². The molecular weight excluding hydrogens is 336 g/mol. The van der Waals surface area contributed by atoms with Crippen LogP contribution in [-0.2, 0) is 8.85 Å².